The first-order valence-corrected chi connectivity index (χ1v) is 9.97. The minimum absolute atomic E-state index is 0.0593. The first-order valence-electron chi connectivity index (χ1n) is 8.32. The molecule has 1 amide bonds. The molecule has 1 N–H and O–H groups in total. The van der Waals surface area contributed by atoms with E-state index in [2.05, 4.69) is 5.32 Å². The second kappa shape index (κ2) is 6.61. The van der Waals surface area contributed by atoms with Gasteiger partial charge in [0.1, 0.15) is 0 Å². The Labute approximate surface area is 138 Å². The number of fused-ring (bicyclic) bond motifs is 1. The van der Waals surface area contributed by atoms with Crippen LogP contribution in [-0.4, -0.2) is 50.7 Å². The molecule has 1 unspecified atom stereocenters. The molecule has 0 aromatic heterocycles. The summed E-state index contributed by atoms with van der Waals surface area (Å²) in [6.45, 7) is 4.18. The highest BCUT2D eigenvalue weighted by Crippen LogP contribution is 2.25. The molecule has 126 valence electrons. The average Bonchev–Trinajstić information content (AvgIpc) is 3.00. The zero-order valence-corrected chi connectivity index (χ0v) is 14.4. The minimum atomic E-state index is -3.40. The van der Waals surface area contributed by atoms with Crippen molar-refractivity contribution in [3.8, 4) is 0 Å². The summed E-state index contributed by atoms with van der Waals surface area (Å²) in [7, 11) is -3.40. The summed E-state index contributed by atoms with van der Waals surface area (Å²) in [6, 6.07) is 5.54. The van der Waals surface area contributed by atoms with Crippen molar-refractivity contribution in [2.24, 2.45) is 0 Å². The topological polar surface area (TPSA) is 66.5 Å². The molecule has 0 bridgehead atoms. The lowest BCUT2D eigenvalue weighted by Crippen LogP contribution is -2.52. The molecule has 1 aromatic rings. The van der Waals surface area contributed by atoms with Crippen molar-refractivity contribution >= 4 is 15.7 Å². The van der Waals surface area contributed by atoms with Crippen LogP contribution in [0, 0.1) is 0 Å². The smallest absolute Gasteiger partial charge is 0.223 e. The van der Waals surface area contributed by atoms with Gasteiger partial charge in [0, 0.05) is 32.1 Å². The van der Waals surface area contributed by atoms with Crippen LogP contribution < -0.4 is 5.32 Å². The summed E-state index contributed by atoms with van der Waals surface area (Å²) in [6.07, 6.45) is 3.15. The van der Waals surface area contributed by atoms with Gasteiger partial charge < -0.3 is 10.2 Å². The van der Waals surface area contributed by atoms with Gasteiger partial charge >= 0.3 is 0 Å². The molecule has 1 aromatic carbocycles. The quantitative estimate of drug-likeness (QED) is 0.896. The molecule has 23 heavy (non-hydrogen) atoms. The molecular formula is C17H24N2O3S. The summed E-state index contributed by atoms with van der Waals surface area (Å²) in [5, 5.41) is 3.23. The number of hydrogen-bond donors (Lipinski definition) is 1. The van der Waals surface area contributed by atoms with Crippen LogP contribution in [0.2, 0.25) is 0 Å². The Morgan fingerprint density at radius 1 is 1.30 bits per heavy atom. The molecular weight excluding hydrogens is 312 g/mol. The van der Waals surface area contributed by atoms with Crippen molar-refractivity contribution in [3.63, 3.8) is 0 Å². The number of sulfone groups is 1. The summed E-state index contributed by atoms with van der Waals surface area (Å²) in [5.41, 5.74) is 2.41. The molecule has 0 spiro atoms. The molecule has 1 aliphatic heterocycles. The Morgan fingerprint density at radius 2 is 2.09 bits per heavy atom. The summed E-state index contributed by atoms with van der Waals surface area (Å²) in [4.78, 5) is 14.5. The molecule has 2 aliphatic rings. The molecule has 3 rings (SSSR count). The number of carbonyl (C=O) groups excluding carboxylic acids is 1. The molecule has 1 saturated heterocycles. The van der Waals surface area contributed by atoms with Crippen molar-refractivity contribution in [2.75, 3.05) is 25.4 Å². The van der Waals surface area contributed by atoms with E-state index in [4.69, 9.17) is 0 Å². The van der Waals surface area contributed by atoms with Gasteiger partial charge in [-0.05, 0) is 49.4 Å². The number of nitrogens with one attached hydrogen (secondary N) is 1. The van der Waals surface area contributed by atoms with E-state index in [0.29, 0.717) is 11.4 Å². The number of hydrogen-bond acceptors (Lipinski definition) is 4. The number of amides is 1. The van der Waals surface area contributed by atoms with Gasteiger partial charge in [0.05, 0.1) is 10.6 Å². The van der Waals surface area contributed by atoms with Gasteiger partial charge in [-0.15, -0.1) is 0 Å². The Bertz CT molecular complexity index is 700. The molecule has 5 nitrogen and oxygen atoms in total. The first-order chi connectivity index (χ1) is 11.0. The molecule has 6 heteroatoms. The number of aryl methyl sites for hydroxylation is 2. The van der Waals surface area contributed by atoms with Crippen molar-refractivity contribution in [3.05, 3.63) is 29.3 Å². The highest BCUT2D eigenvalue weighted by Gasteiger charge is 2.25. The fraction of sp³-hybridized carbons (Fsp3) is 0.588. The zero-order valence-electron chi connectivity index (χ0n) is 13.5. The maximum absolute atomic E-state index is 12.5. The van der Waals surface area contributed by atoms with Crippen LogP contribution in [0.25, 0.3) is 0 Å². The van der Waals surface area contributed by atoms with Crippen LogP contribution in [0.15, 0.2) is 23.1 Å². The minimum Gasteiger partial charge on any atom is -0.337 e. The van der Waals surface area contributed by atoms with Gasteiger partial charge in [-0.2, -0.15) is 0 Å². The Hall–Kier alpha value is -1.40. The van der Waals surface area contributed by atoms with E-state index in [0.717, 1.165) is 37.9 Å². The maximum atomic E-state index is 12.5. The van der Waals surface area contributed by atoms with E-state index in [1.807, 2.05) is 13.0 Å². The zero-order chi connectivity index (χ0) is 16.4. The van der Waals surface area contributed by atoms with Crippen molar-refractivity contribution < 1.29 is 13.2 Å². The molecule has 1 atom stereocenters. The number of piperazine rings is 1. The van der Waals surface area contributed by atoms with Gasteiger partial charge in [-0.25, -0.2) is 8.42 Å². The van der Waals surface area contributed by atoms with Gasteiger partial charge in [0.15, 0.2) is 9.84 Å². The van der Waals surface area contributed by atoms with E-state index in [1.165, 1.54) is 5.56 Å². The van der Waals surface area contributed by atoms with Crippen molar-refractivity contribution in [2.45, 2.75) is 43.5 Å². The molecule has 0 radical (unpaired) electrons. The number of carbonyl (C=O) groups is 1. The molecule has 0 saturated carbocycles. The molecule has 1 aliphatic carbocycles. The van der Waals surface area contributed by atoms with Crippen molar-refractivity contribution in [1.29, 1.82) is 0 Å². The van der Waals surface area contributed by atoms with Gasteiger partial charge in [-0.3, -0.25) is 4.79 Å². The van der Waals surface area contributed by atoms with Gasteiger partial charge in [0.2, 0.25) is 5.91 Å². The average molecular weight is 336 g/mol. The SMILES string of the molecule is CC1CNCCN1C(=O)CCS(=O)(=O)c1ccc2c(c1)CCC2. The van der Waals surface area contributed by atoms with Crippen LogP contribution in [0.1, 0.15) is 30.9 Å². The molecule has 1 heterocycles. The monoisotopic (exact) mass is 336 g/mol. The Morgan fingerprint density at radius 3 is 2.87 bits per heavy atom. The second-order valence-electron chi connectivity index (χ2n) is 6.49. The van der Waals surface area contributed by atoms with E-state index >= 15 is 0 Å². The predicted octanol–water partition coefficient (Wildman–Crippen LogP) is 1.16. The third-order valence-corrected chi connectivity index (χ3v) is 6.55. The molecule has 1 fully saturated rings. The highest BCUT2D eigenvalue weighted by molar-refractivity contribution is 7.91. The van der Waals surface area contributed by atoms with Crippen LogP contribution in [0.5, 0.6) is 0 Å². The van der Waals surface area contributed by atoms with E-state index in [9.17, 15) is 13.2 Å². The summed E-state index contributed by atoms with van der Waals surface area (Å²) >= 11 is 0. The summed E-state index contributed by atoms with van der Waals surface area (Å²) in [5.74, 6) is -0.176. The second-order valence-corrected chi connectivity index (χ2v) is 8.60. The largest absolute Gasteiger partial charge is 0.337 e. The first kappa shape index (κ1) is 16.5. The standard InChI is InChI=1S/C17H24N2O3S/c1-13-12-18-8-9-19(13)17(20)7-10-23(21,22)16-6-5-14-3-2-4-15(14)11-16/h5-6,11,13,18H,2-4,7-10,12H2,1H3. The maximum Gasteiger partial charge on any atom is 0.223 e. The lowest BCUT2D eigenvalue weighted by atomic mass is 10.1. The van der Waals surface area contributed by atoms with E-state index < -0.39 is 9.84 Å². The van der Waals surface area contributed by atoms with Crippen LogP contribution in [-0.2, 0) is 27.5 Å². The normalized spacial score (nSPS) is 21.3. The third-order valence-electron chi connectivity index (χ3n) is 4.84. The highest BCUT2D eigenvalue weighted by atomic mass is 32.2. The predicted molar refractivity (Wildman–Crippen MR) is 89.2 cm³/mol. The number of nitrogens with zero attached hydrogens (tertiary/aromatic N) is 1. The Kier molecular flexibility index (Phi) is 4.73. The van der Waals surface area contributed by atoms with Gasteiger partial charge in [-0.1, -0.05) is 6.07 Å². The Balaban J connectivity index is 1.65. The lowest BCUT2D eigenvalue weighted by molar-refractivity contribution is -0.133. The van der Waals surface area contributed by atoms with E-state index in [-0.39, 0.29) is 24.1 Å². The van der Waals surface area contributed by atoms with Gasteiger partial charge in [0.25, 0.3) is 0 Å². The fourth-order valence-corrected chi connectivity index (χ4v) is 4.71. The van der Waals surface area contributed by atoms with Crippen LogP contribution in [0.3, 0.4) is 0 Å². The third kappa shape index (κ3) is 3.58. The number of rotatable bonds is 4. The van der Waals surface area contributed by atoms with Crippen LogP contribution in [0.4, 0.5) is 0 Å². The number of benzene rings is 1. The lowest BCUT2D eigenvalue weighted by Gasteiger charge is -2.34. The van der Waals surface area contributed by atoms with E-state index in [1.54, 1.807) is 17.0 Å². The van der Waals surface area contributed by atoms with Crippen LogP contribution >= 0.6 is 0 Å². The fourth-order valence-electron chi connectivity index (χ4n) is 3.44. The summed E-state index contributed by atoms with van der Waals surface area (Å²) < 4.78 is 25.0. The van der Waals surface area contributed by atoms with Crippen molar-refractivity contribution in [1.82, 2.24) is 10.2 Å².